The molecule has 3 aliphatic carbocycles. The van der Waals surface area contributed by atoms with Crippen molar-refractivity contribution >= 4 is 0 Å². The van der Waals surface area contributed by atoms with E-state index in [1.165, 1.54) is 0 Å². The van der Waals surface area contributed by atoms with Crippen molar-refractivity contribution < 1.29 is 17.6 Å². The fourth-order valence-corrected chi connectivity index (χ4v) is 6.87. The zero-order valence-electron chi connectivity index (χ0n) is 19.5. The first kappa shape index (κ1) is 24.4. The number of rotatable bonds is 6. The first-order valence-corrected chi connectivity index (χ1v) is 12.8. The molecule has 0 heterocycles. The van der Waals surface area contributed by atoms with Gasteiger partial charge in [0.1, 0.15) is 24.7 Å². The summed E-state index contributed by atoms with van der Waals surface area (Å²) in [5.41, 5.74) is 0. The molecule has 0 radical (unpaired) electrons. The number of alkyl halides is 4. The van der Waals surface area contributed by atoms with Gasteiger partial charge in [0.15, 0.2) is 0 Å². The van der Waals surface area contributed by atoms with E-state index in [4.69, 9.17) is 0 Å². The zero-order chi connectivity index (χ0) is 22.0. The van der Waals surface area contributed by atoms with Crippen LogP contribution in [0.15, 0.2) is 0 Å². The van der Waals surface area contributed by atoms with Gasteiger partial charge < -0.3 is 0 Å². The molecule has 0 amide bonds. The molecule has 3 saturated carbocycles. The van der Waals surface area contributed by atoms with Crippen LogP contribution in [0.2, 0.25) is 0 Å². The standard InChI is InChI=1S/C26H44F4/c1-15(2)5-8-17(4)19-11-13-21(25(29)23(19)27)22-14-12-20(24(28)26(22)30)18-9-6-16(3)7-10-18/h15-26H,5-14H2,1-4H3. The van der Waals surface area contributed by atoms with Gasteiger partial charge in [-0.3, -0.25) is 0 Å². The molecule has 0 N–H and O–H groups in total. The topological polar surface area (TPSA) is 0 Å². The molecule has 0 spiro atoms. The molecule has 176 valence electrons. The normalized spacial score (nSPS) is 46.7. The summed E-state index contributed by atoms with van der Waals surface area (Å²) in [6.07, 6.45) is 2.05. The Labute approximate surface area is 182 Å². The maximum absolute atomic E-state index is 15.2. The van der Waals surface area contributed by atoms with E-state index in [1.54, 1.807) is 0 Å². The van der Waals surface area contributed by atoms with Gasteiger partial charge in [0.2, 0.25) is 0 Å². The second-order valence-electron chi connectivity index (χ2n) is 11.6. The lowest BCUT2D eigenvalue weighted by atomic mass is 9.62. The highest BCUT2D eigenvalue weighted by Gasteiger charge is 2.51. The predicted octanol–water partition coefficient (Wildman–Crippen LogP) is 8.29. The quantitative estimate of drug-likeness (QED) is 0.370. The highest BCUT2D eigenvalue weighted by molar-refractivity contribution is 4.99. The van der Waals surface area contributed by atoms with Crippen LogP contribution in [0.3, 0.4) is 0 Å². The molecule has 3 aliphatic rings. The SMILES string of the molecule is CC(C)CCC(C)C1CCC(C2CCC(C3CCC(C)CC3)C(F)C2F)C(F)C1F. The van der Waals surface area contributed by atoms with Gasteiger partial charge in [-0.15, -0.1) is 0 Å². The minimum Gasteiger partial charge on any atom is -0.244 e. The minimum absolute atomic E-state index is 0.140. The fourth-order valence-electron chi connectivity index (χ4n) is 6.87. The Morgan fingerprint density at radius 2 is 1.10 bits per heavy atom. The third-order valence-electron chi connectivity index (χ3n) is 9.06. The smallest absolute Gasteiger partial charge is 0.135 e. The van der Waals surface area contributed by atoms with Crippen LogP contribution in [0.25, 0.3) is 0 Å². The average Bonchev–Trinajstić information content (AvgIpc) is 2.71. The molecular formula is C26H44F4. The molecular weight excluding hydrogens is 388 g/mol. The summed E-state index contributed by atoms with van der Waals surface area (Å²) in [6.45, 7) is 8.55. The van der Waals surface area contributed by atoms with Gasteiger partial charge in [-0.1, -0.05) is 53.4 Å². The molecule has 9 unspecified atom stereocenters. The van der Waals surface area contributed by atoms with E-state index in [0.717, 1.165) is 38.5 Å². The highest BCUT2D eigenvalue weighted by atomic mass is 19.2. The Hall–Kier alpha value is -0.280. The van der Waals surface area contributed by atoms with Crippen molar-refractivity contribution in [2.24, 2.45) is 47.3 Å². The number of halogens is 4. The van der Waals surface area contributed by atoms with E-state index in [-0.39, 0.29) is 23.7 Å². The lowest BCUT2D eigenvalue weighted by Gasteiger charge is -2.46. The highest BCUT2D eigenvalue weighted by Crippen LogP contribution is 2.50. The predicted molar refractivity (Wildman–Crippen MR) is 116 cm³/mol. The van der Waals surface area contributed by atoms with Gasteiger partial charge in [0, 0.05) is 0 Å². The van der Waals surface area contributed by atoms with Crippen LogP contribution in [-0.2, 0) is 0 Å². The molecule has 0 aromatic carbocycles. The lowest BCUT2D eigenvalue weighted by Crippen LogP contribution is -2.50. The van der Waals surface area contributed by atoms with Crippen molar-refractivity contribution in [1.29, 1.82) is 0 Å². The summed E-state index contributed by atoms with van der Waals surface area (Å²) >= 11 is 0. The third-order valence-corrected chi connectivity index (χ3v) is 9.06. The molecule has 0 aliphatic heterocycles. The van der Waals surface area contributed by atoms with Crippen LogP contribution in [0.1, 0.15) is 91.9 Å². The van der Waals surface area contributed by atoms with Crippen LogP contribution in [-0.4, -0.2) is 24.7 Å². The van der Waals surface area contributed by atoms with Gasteiger partial charge in [-0.2, -0.15) is 0 Å². The van der Waals surface area contributed by atoms with E-state index in [9.17, 15) is 0 Å². The molecule has 0 aromatic heterocycles. The first-order valence-electron chi connectivity index (χ1n) is 12.8. The van der Waals surface area contributed by atoms with E-state index in [0.29, 0.717) is 37.5 Å². The second-order valence-corrected chi connectivity index (χ2v) is 11.6. The molecule has 0 nitrogen and oxygen atoms in total. The molecule has 0 saturated heterocycles. The van der Waals surface area contributed by atoms with Crippen LogP contribution in [0.5, 0.6) is 0 Å². The maximum Gasteiger partial charge on any atom is 0.135 e. The monoisotopic (exact) mass is 432 g/mol. The lowest BCUT2D eigenvalue weighted by molar-refractivity contribution is -0.0787. The van der Waals surface area contributed by atoms with Crippen molar-refractivity contribution in [3.63, 3.8) is 0 Å². The Kier molecular flexibility index (Phi) is 8.57. The third kappa shape index (κ3) is 5.37. The van der Waals surface area contributed by atoms with Crippen molar-refractivity contribution in [3.8, 4) is 0 Å². The Morgan fingerprint density at radius 1 is 0.600 bits per heavy atom. The van der Waals surface area contributed by atoms with Crippen LogP contribution < -0.4 is 0 Å². The zero-order valence-corrected chi connectivity index (χ0v) is 19.5. The molecule has 4 heteroatoms. The Balaban J connectivity index is 1.58. The van der Waals surface area contributed by atoms with Gasteiger partial charge in [0.25, 0.3) is 0 Å². The largest absolute Gasteiger partial charge is 0.244 e. The average molecular weight is 433 g/mol. The summed E-state index contributed by atoms with van der Waals surface area (Å²) in [4.78, 5) is 0. The van der Waals surface area contributed by atoms with Gasteiger partial charge in [0.05, 0.1) is 0 Å². The first-order chi connectivity index (χ1) is 14.2. The molecule has 0 aromatic rings. The Bertz CT molecular complexity index is 515. The summed E-state index contributed by atoms with van der Waals surface area (Å²) < 4.78 is 60.6. The summed E-state index contributed by atoms with van der Waals surface area (Å²) in [5.74, 6) is -0.175. The molecule has 9 atom stereocenters. The second kappa shape index (κ2) is 10.6. The number of hydrogen-bond donors (Lipinski definition) is 0. The molecule has 30 heavy (non-hydrogen) atoms. The van der Waals surface area contributed by atoms with E-state index in [2.05, 4.69) is 20.8 Å². The van der Waals surface area contributed by atoms with Crippen LogP contribution in [0.4, 0.5) is 17.6 Å². The van der Waals surface area contributed by atoms with Gasteiger partial charge >= 0.3 is 0 Å². The van der Waals surface area contributed by atoms with E-state index < -0.39 is 36.5 Å². The van der Waals surface area contributed by atoms with E-state index in [1.807, 2.05) is 6.92 Å². The van der Waals surface area contributed by atoms with Crippen molar-refractivity contribution in [2.75, 3.05) is 0 Å². The maximum atomic E-state index is 15.2. The minimum atomic E-state index is -1.65. The van der Waals surface area contributed by atoms with Crippen molar-refractivity contribution in [3.05, 3.63) is 0 Å². The van der Waals surface area contributed by atoms with Crippen LogP contribution in [0, 0.1) is 47.3 Å². The molecule has 3 fully saturated rings. The van der Waals surface area contributed by atoms with Crippen LogP contribution >= 0.6 is 0 Å². The van der Waals surface area contributed by atoms with E-state index >= 15 is 17.6 Å². The molecule has 0 bridgehead atoms. The Morgan fingerprint density at radius 3 is 1.70 bits per heavy atom. The summed E-state index contributed by atoms with van der Waals surface area (Å²) in [5, 5.41) is 0. The molecule has 3 rings (SSSR count). The number of hydrogen-bond acceptors (Lipinski definition) is 0. The van der Waals surface area contributed by atoms with Crippen molar-refractivity contribution in [2.45, 2.75) is 117 Å². The van der Waals surface area contributed by atoms with Gasteiger partial charge in [-0.05, 0) is 85.9 Å². The summed E-state index contributed by atoms with van der Waals surface area (Å²) in [6, 6.07) is 0. The van der Waals surface area contributed by atoms with Gasteiger partial charge in [-0.25, -0.2) is 17.6 Å². The summed E-state index contributed by atoms with van der Waals surface area (Å²) in [7, 11) is 0. The van der Waals surface area contributed by atoms with Crippen molar-refractivity contribution in [1.82, 2.24) is 0 Å². The fraction of sp³-hybridized carbons (Fsp3) is 1.00.